The van der Waals surface area contributed by atoms with Gasteiger partial charge in [-0.05, 0) is 6.92 Å². The highest BCUT2D eigenvalue weighted by molar-refractivity contribution is 5.81. The summed E-state index contributed by atoms with van der Waals surface area (Å²) in [6.07, 6.45) is 0. The van der Waals surface area contributed by atoms with E-state index in [1.54, 1.807) is 0 Å². The van der Waals surface area contributed by atoms with Gasteiger partial charge in [-0.15, -0.1) is 0 Å². The molecule has 0 radical (unpaired) electrons. The van der Waals surface area contributed by atoms with Crippen molar-refractivity contribution in [3.05, 3.63) is 0 Å². The lowest BCUT2D eigenvalue weighted by atomic mass is 10.5. The van der Waals surface area contributed by atoms with Crippen LogP contribution in [0.2, 0.25) is 0 Å². The fourth-order valence-electron chi connectivity index (χ4n) is 1.19. The van der Waals surface area contributed by atoms with E-state index in [1.807, 2.05) is 14.1 Å². The Hall–Kier alpha value is -0.730. The molecule has 0 saturated heterocycles. The normalized spacial score (nSPS) is 17.5. The van der Waals surface area contributed by atoms with Gasteiger partial charge in [-0.25, -0.2) is 0 Å². The van der Waals surface area contributed by atoms with Gasteiger partial charge in [-0.1, -0.05) is 0 Å². The van der Waals surface area contributed by atoms with E-state index in [4.69, 9.17) is 0 Å². The van der Waals surface area contributed by atoms with E-state index >= 15 is 0 Å². The summed E-state index contributed by atoms with van der Waals surface area (Å²) < 4.78 is 0. The minimum absolute atomic E-state index is 0.960. The lowest BCUT2D eigenvalue weighted by molar-refractivity contribution is 0.420. The van der Waals surface area contributed by atoms with Gasteiger partial charge in [-0.2, -0.15) is 0 Å². The molecule has 0 bridgehead atoms. The maximum absolute atomic E-state index is 4.36. The Morgan fingerprint density at radius 3 is 2.70 bits per heavy atom. The van der Waals surface area contributed by atoms with Crippen LogP contribution in [0.4, 0.5) is 0 Å². The van der Waals surface area contributed by atoms with Crippen LogP contribution in [-0.2, 0) is 0 Å². The van der Waals surface area contributed by atoms with Crippen LogP contribution >= 0.6 is 0 Å². The van der Waals surface area contributed by atoms with Crippen LogP contribution in [0, 0.1) is 0 Å². The van der Waals surface area contributed by atoms with Crippen LogP contribution < -0.4 is 0 Å². The van der Waals surface area contributed by atoms with Gasteiger partial charge < -0.3 is 9.80 Å². The molecule has 0 amide bonds. The molecule has 3 heteroatoms. The standard InChI is InChI=1S/C7H15N3/c1-4-10-6-5-8-7(10)9(2)3/h4-6H2,1-3H3. The van der Waals surface area contributed by atoms with Crippen LogP contribution in [0.1, 0.15) is 6.92 Å². The Kier molecular flexibility index (Phi) is 2.14. The van der Waals surface area contributed by atoms with Crippen LogP contribution in [0.15, 0.2) is 4.99 Å². The minimum Gasteiger partial charge on any atom is -0.349 e. The monoisotopic (exact) mass is 141 g/mol. The van der Waals surface area contributed by atoms with Crippen molar-refractivity contribution >= 4 is 5.96 Å². The fraction of sp³-hybridized carbons (Fsp3) is 0.857. The van der Waals surface area contributed by atoms with Crippen molar-refractivity contribution in [3.8, 4) is 0 Å². The molecule has 1 aliphatic heterocycles. The first-order chi connectivity index (χ1) is 4.75. The van der Waals surface area contributed by atoms with Crippen LogP contribution in [0.3, 0.4) is 0 Å². The van der Waals surface area contributed by atoms with Crippen LogP contribution in [0.5, 0.6) is 0 Å². The molecule has 0 aromatic carbocycles. The second-order valence-corrected chi connectivity index (χ2v) is 2.66. The molecule has 0 unspecified atom stereocenters. The summed E-state index contributed by atoms with van der Waals surface area (Å²) in [4.78, 5) is 8.70. The Morgan fingerprint density at radius 2 is 2.30 bits per heavy atom. The van der Waals surface area contributed by atoms with E-state index in [1.165, 1.54) is 0 Å². The molecular formula is C7H15N3. The third kappa shape index (κ3) is 1.23. The molecule has 1 heterocycles. The number of nitrogens with zero attached hydrogens (tertiary/aromatic N) is 3. The van der Waals surface area contributed by atoms with E-state index < -0.39 is 0 Å². The Balaban J connectivity index is 2.56. The Bertz CT molecular complexity index is 140. The minimum atomic E-state index is 0.960. The van der Waals surface area contributed by atoms with Gasteiger partial charge in [-0.3, -0.25) is 4.99 Å². The maximum Gasteiger partial charge on any atom is 0.196 e. The second kappa shape index (κ2) is 2.90. The van der Waals surface area contributed by atoms with Crippen molar-refractivity contribution in [2.24, 2.45) is 4.99 Å². The summed E-state index contributed by atoms with van der Waals surface area (Å²) in [5, 5.41) is 0. The molecule has 1 rings (SSSR count). The molecule has 0 aliphatic carbocycles. The highest BCUT2D eigenvalue weighted by Crippen LogP contribution is 2.01. The summed E-state index contributed by atoms with van der Waals surface area (Å²) >= 11 is 0. The molecule has 10 heavy (non-hydrogen) atoms. The first-order valence-electron chi connectivity index (χ1n) is 3.72. The summed E-state index contributed by atoms with van der Waals surface area (Å²) in [5.41, 5.74) is 0. The number of guanidine groups is 1. The Labute approximate surface area is 62.3 Å². The van der Waals surface area contributed by atoms with Gasteiger partial charge >= 0.3 is 0 Å². The molecule has 1 aliphatic rings. The molecule has 3 nitrogen and oxygen atoms in total. The first-order valence-corrected chi connectivity index (χ1v) is 3.72. The highest BCUT2D eigenvalue weighted by atomic mass is 15.4. The van der Waals surface area contributed by atoms with Crippen molar-refractivity contribution in [1.82, 2.24) is 9.80 Å². The SMILES string of the molecule is CCN1CCN=C1N(C)C. The molecule has 58 valence electrons. The van der Waals surface area contributed by atoms with Gasteiger partial charge in [0.2, 0.25) is 0 Å². The average Bonchev–Trinajstić information content (AvgIpc) is 2.33. The largest absolute Gasteiger partial charge is 0.349 e. The van der Waals surface area contributed by atoms with Crippen LogP contribution in [-0.4, -0.2) is 49.5 Å². The van der Waals surface area contributed by atoms with Crippen molar-refractivity contribution in [2.75, 3.05) is 33.7 Å². The molecule has 0 spiro atoms. The Morgan fingerprint density at radius 1 is 1.60 bits per heavy atom. The van der Waals surface area contributed by atoms with E-state index in [9.17, 15) is 0 Å². The topological polar surface area (TPSA) is 18.8 Å². The molecular weight excluding hydrogens is 126 g/mol. The van der Waals surface area contributed by atoms with Crippen molar-refractivity contribution < 1.29 is 0 Å². The first kappa shape index (κ1) is 7.38. The van der Waals surface area contributed by atoms with E-state index in [2.05, 4.69) is 21.7 Å². The van der Waals surface area contributed by atoms with E-state index in [-0.39, 0.29) is 0 Å². The van der Waals surface area contributed by atoms with E-state index in [0.29, 0.717) is 0 Å². The number of hydrogen-bond donors (Lipinski definition) is 0. The highest BCUT2D eigenvalue weighted by Gasteiger charge is 2.15. The van der Waals surface area contributed by atoms with E-state index in [0.717, 1.165) is 25.6 Å². The summed E-state index contributed by atoms with van der Waals surface area (Å²) in [7, 11) is 4.07. The van der Waals surface area contributed by atoms with Crippen LogP contribution in [0.25, 0.3) is 0 Å². The van der Waals surface area contributed by atoms with Gasteiger partial charge in [0.15, 0.2) is 5.96 Å². The molecule has 0 fully saturated rings. The molecule has 0 aromatic rings. The third-order valence-electron chi connectivity index (χ3n) is 1.69. The zero-order chi connectivity index (χ0) is 7.56. The van der Waals surface area contributed by atoms with Gasteiger partial charge in [0.05, 0.1) is 6.54 Å². The number of aliphatic imine (C=N–C) groups is 1. The second-order valence-electron chi connectivity index (χ2n) is 2.66. The van der Waals surface area contributed by atoms with Gasteiger partial charge in [0.1, 0.15) is 0 Å². The zero-order valence-corrected chi connectivity index (χ0v) is 6.96. The fourth-order valence-corrected chi connectivity index (χ4v) is 1.19. The lowest BCUT2D eigenvalue weighted by Gasteiger charge is -2.22. The number of likely N-dealkylation sites (N-methyl/N-ethyl adjacent to an activating group) is 1. The molecule has 0 aromatic heterocycles. The van der Waals surface area contributed by atoms with Gasteiger partial charge in [0, 0.05) is 27.2 Å². The third-order valence-corrected chi connectivity index (χ3v) is 1.69. The molecule has 0 saturated carbocycles. The van der Waals surface area contributed by atoms with Crippen molar-refractivity contribution in [3.63, 3.8) is 0 Å². The van der Waals surface area contributed by atoms with Gasteiger partial charge in [0.25, 0.3) is 0 Å². The number of rotatable bonds is 1. The summed E-state index contributed by atoms with van der Waals surface area (Å²) in [5.74, 6) is 1.13. The summed E-state index contributed by atoms with van der Waals surface area (Å²) in [6.45, 7) is 5.27. The average molecular weight is 141 g/mol. The van der Waals surface area contributed by atoms with Crippen molar-refractivity contribution in [1.29, 1.82) is 0 Å². The molecule has 0 atom stereocenters. The molecule has 0 N–H and O–H groups in total. The number of hydrogen-bond acceptors (Lipinski definition) is 3. The predicted octanol–water partition coefficient (Wildman–Crippen LogP) is 0.239. The quantitative estimate of drug-likeness (QED) is 0.521. The maximum atomic E-state index is 4.36. The van der Waals surface area contributed by atoms with Crippen molar-refractivity contribution in [2.45, 2.75) is 6.92 Å². The zero-order valence-electron chi connectivity index (χ0n) is 6.96. The lowest BCUT2D eigenvalue weighted by Crippen LogP contribution is -2.37. The summed E-state index contributed by atoms with van der Waals surface area (Å²) in [6, 6.07) is 0. The smallest absolute Gasteiger partial charge is 0.196 e. The predicted molar refractivity (Wildman–Crippen MR) is 43.2 cm³/mol.